The molecule has 0 unspecified atom stereocenters. The quantitative estimate of drug-likeness (QED) is 0.751. The molecule has 4 heteroatoms. The minimum Gasteiger partial charge on any atom is -0.495 e. The molecule has 0 bridgehead atoms. The Morgan fingerprint density at radius 1 is 1.57 bits per heavy atom. The molecular weight excluding hydrogens is 180 g/mol. The van der Waals surface area contributed by atoms with Crippen LogP contribution in [-0.2, 0) is 4.79 Å². The zero-order valence-corrected chi connectivity index (χ0v) is 8.33. The average Bonchev–Trinajstić information content (AvgIpc) is 2.18. The van der Waals surface area contributed by atoms with Crippen LogP contribution >= 0.6 is 0 Å². The van der Waals surface area contributed by atoms with Crippen LogP contribution in [-0.4, -0.2) is 19.6 Å². The predicted octanol–water partition coefficient (Wildman–Crippen LogP) is 0.901. The van der Waals surface area contributed by atoms with Gasteiger partial charge in [0.15, 0.2) is 0 Å². The monoisotopic (exact) mass is 194 g/mol. The van der Waals surface area contributed by atoms with Gasteiger partial charge >= 0.3 is 0 Å². The number of anilines is 1. The van der Waals surface area contributed by atoms with Gasteiger partial charge < -0.3 is 15.8 Å². The number of benzene rings is 1. The third-order valence-corrected chi connectivity index (χ3v) is 1.81. The first-order valence-electron chi connectivity index (χ1n) is 4.32. The molecule has 4 nitrogen and oxygen atoms in total. The van der Waals surface area contributed by atoms with Crippen molar-refractivity contribution in [2.45, 2.75) is 6.92 Å². The zero-order valence-electron chi connectivity index (χ0n) is 8.33. The number of methoxy groups -OCH3 is 1. The van der Waals surface area contributed by atoms with E-state index in [9.17, 15) is 4.79 Å². The lowest BCUT2D eigenvalue weighted by atomic mass is 10.2. The minimum absolute atomic E-state index is 0.0307. The molecule has 0 fully saturated rings. The lowest BCUT2D eigenvalue weighted by Crippen LogP contribution is -2.22. The third kappa shape index (κ3) is 2.47. The van der Waals surface area contributed by atoms with Crippen molar-refractivity contribution in [3.05, 3.63) is 23.8 Å². The molecule has 0 heterocycles. The molecule has 0 saturated heterocycles. The van der Waals surface area contributed by atoms with Gasteiger partial charge in [0.25, 0.3) is 0 Å². The summed E-state index contributed by atoms with van der Waals surface area (Å²) in [5.41, 5.74) is 6.91. The van der Waals surface area contributed by atoms with Gasteiger partial charge in [-0.3, -0.25) is 4.79 Å². The highest BCUT2D eigenvalue weighted by atomic mass is 16.5. The van der Waals surface area contributed by atoms with Crippen LogP contribution < -0.4 is 15.8 Å². The maximum atomic E-state index is 11.1. The summed E-state index contributed by atoms with van der Waals surface area (Å²) < 4.78 is 5.09. The van der Waals surface area contributed by atoms with Crippen LogP contribution in [0.1, 0.15) is 5.56 Å². The van der Waals surface area contributed by atoms with Crippen LogP contribution in [0.4, 0.5) is 5.69 Å². The van der Waals surface area contributed by atoms with Gasteiger partial charge in [0.05, 0.1) is 19.3 Å². The summed E-state index contributed by atoms with van der Waals surface area (Å²) >= 11 is 0. The number of carbonyl (C=O) groups excluding carboxylic acids is 1. The molecular formula is C10H14N2O2. The molecule has 1 rings (SSSR count). The fourth-order valence-corrected chi connectivity index (χ4v) is 1.12. The second kappa shape index (κ2) is 4.62. The summed E-state index contributed by atoms with van der Waals surface area (Å²) in [5.74, 6) is 0.409. The molecule has 0 aliphatic rings. The van der Waals surface area contributed by atoms with E-state index in [2.05, 4.69) is 5.32 Å². The van der Waals surface area contributed by atoms with Crippen molar-refractivity contribution in [1.29, 1.82) is 0 Å². The van der Waals surface area contributed by atoms with E-state index in [1.807, 2.05) is 25.1 Å². The Morgan fingerprint density at radius 2 is 2.29 bits per heavy atom. The fourth-order valence-electron chi connectivity index (χ4n) is 1.12. The number of nitrogens with one attached hydrogen (secondary N) is 1. The van der Waals surface area contributed by atoms with Crippen LogP contribution in [0.3, 0.4) is 0 Å². The van der Waals surface area contributed by atoms with Gasteiger partial charge in [-0.25, -0.2) is 0 Å². The summed E-state index contributed by atoms with van der Waals surface area (Å²) in [7, 11) is 1.56. The summed E-state index contributed by atoms with van der Waals surface area (Å²) in [6.07, 6.45) is 0. The van der Waals surface area contributed by atoms with E-state index in [4.69, 9.17) is 10.5 Å². The van der Waals surface area contributed by atoms with E-state index < -0.39 is 0 Å². The van der Waals surface area contributed by atoms with Crippen LogP contribution in [0.2, 0.25) is 0 Å². The highest BCUT2D eigenvalue weighted by Crippen LogP contribution is 2.24. The highest BCUT2D eigenvalue weighted by Gasteiger charge is 2.05. The van der Waals surface area contributed by atoms with Crippen molar-refractivity contribution in [3.63, 3.8) is 0 Å². The molecule has 1 amide bonds. The largest absolute Gasteiger partial charge is 0.495 e. The van der Waals surface area contributed by atoms with E-state index in [1.165, 1.54) is 0 Å². The van der Waals surface area contributed by atoms with Crippen molar-refractivity contribution < 1.29 is 9.53 Å². The highest BCUT2D eigenvalue weighted by molar-refractivity contribution is 5.93. The van der Waals surface area contributed by atoms with Crippen molar-refractivity contribution in [1.82, 2.24) is 0 Å². The Labute approximate surface area is 83.1 Å². The molecule has 0 aliphatic heterocycles. The second-order valence-corrected chi connectivity index (χ2v) is 2.96. The van der Waals surface area contributed by atoms with Gasteiger partial charge in [-0.2, -0.15) is 0 Å². The van der Waals surface area contributed by atoms with E-state index in [0.29, 0.717) is 11.4 Å². The molecule has 1 aromatic carbocycles. The molecule has 0 spiro atoms. The molecule has 1 aromatic rings. The first-order chi connectivity index (χ1) is 6.67. The number of hydrogen-bond acceptors (Lipinski definition) is 3. The minimum atomic E-state index is -0.228. The zero-order chi connectivity index (χ0) is 10.6. The lowest BCUT2D eigenvalue weighted by Gasteiger charge is -2.09. The smallest absolute Gasteiger partial charge is 0.238 e. The van der Waals surface area contributed by atoms with E-state index >= 15 is 0 Å². The van der Waals surface area contributed by atoms with Crippen molar-refractivity contribution in [3.8, 4) is 5.75 Å². The van der Waals surface area contributed by atoms with Gasteiger partial charge in [0, 0.05) is 0 Å². The molecule has 0 atom stereocenters. The number of hydrogen-bond donors (Lipinski definition) is 2. The van der Waals surface area contributed by atoms with Crippen LogP contribution in [0.25, 0.3) is 0 Å². The Bertz CT molecular complexity index is 337. The van der Waals surface area contributed by atoms with Crippen LogP contribution in [0, 0.1) is 6.92 Å². The first-order valence-corrected chi connectivity index (χ1v) is 4.32. The number of aryl methyl sites for hydroxylation is 1. The molecule has 14 heavy (non-hydrogen) atoms. The molecule has 0 aliphatic carbocycles. The number of nitrogens with two attached hydrogens (primary N) is 1. The van der Waals surface area contributed by atoms with Crippen LogP contribution in [0.15, 0.2) is 18.2 Å². The first kappa shape index (κ1) is 10.5. The predicted molar refractivity (Wildman–Crippen MR) is 55.4 cm³/mol. The number of amides is 1. The van der Waals surface area contributed by atoms with Gasteiger partial charge in [0.1, 0.15) is 5.75 Å². The molecule has 0 saturated carbocycles. The van der Waals surface area contributed by atoms with Gasteiger partial charge in [-0.05, 0) is 24.6 Å². The van der Waals surface area contributed by atoms with E-state index in [-0.39, 0.29) is 12.5 Å². The van der Waals surface area contributed by atoms with Crippen molar-refractivity contribution in [2.75, 3.05) is 19.0 Å². The van der Waals surface area contributed by atoms with E-state index in [1.54, 1.807) is 7.11 Å². The fraction of sp³-hybridized carbons (Fsp3) is 0.300. The number of ether oxygens (including phenoxy) is 1. The van der Waals surface area contributed by atoms with Crippen molar-refractivity contribution in [2.24, 2.45) is 5.73 Å². The molecule has 0 aromatic heterocycles. The Hall–Kier alpha value is -1.55. The van der Waals surface area contributed by atoms with Gasteiger partial charge in [-0.1, -0.05) is 6.07 Å². The molecule has 76 valence electrons. The topological polar surface area (TPSA) is 64.3 Å². The Balaban J connectivity index is 2.93. The summed E-state index contributed by atoms with van der Waals surface area (Å²) in [6, 6.07) is 5.56. The number of carbonyl (C=O) groups is 1. The normalized spacial score (nSPS) is 9.64. The lowest BCUT2D eigenvalue weighted by molar-refractivity contribution is -0.114. The Kier molecular flexibility index (Phi) is 3.48. The number of rotatable bonds is 3. The van der Waals surface area contributed by atoms with Crippen LogP contribution in [0.5, 0.6) is 5.75 Å². The summed E-state index contributed by atoms with van der Waals surface area (Å²) in [5, 5.41) is 2.66. The van der Waals surface area contributed by atoms with E-state index in [0.717, 1.165) is 5.56 Å². The van der Waals surface area contributed by atoms with Gasteiger partial charge in [-0.15, -0.1) is 0 Å². The maximum Gasteiger partial charge on any atom is 0.238 e. The second-order valence-electron chi connectivity index (χ2n) is 2.96. The maximum absolute atomic E-state index is 11.1. The third-order valence-electron chi connectivity index (χ3n) is 1.81. The summed E-state index contributed by atoms with van der Waals surface area (Å²) in [4.78, 5) is 11.1. The SMILES string of the molecule is COc1ccc(C)cc1NC(=O)CN. The van der Waals surface area contributed by atoms with Gasteiger partial charge in [0.2, 0.25) is 5.91 Å². The standard InChI is InChI=1S/C10H14N2O2/c1-7-3-4-9(14-2)8(5-7)12-10(13)6-11/h3-5H,6,11H2,1-2H3,(H,12,13). The average molecular weight is 194 g/mol. The van der Waals surface area contributed by atoms with Crippen molar-refractivity contribution >= 4 is 11.6 Å². The molecule has 0 radical (unpaired) electrons. The Morgan fingerprint density at radius 3 is 2.86 bits per heavy atom. The molecule has 3 N–H and O–H groups in total. The summed E-state index contributed by atoms with van der Waals surface area (Å²) in [6.45, 7) is 1.91.